The fourth-order valence-electron chi connectivity index (χ4n) is 3.81. The lowest BCUT2D eigenvalue weighted by molar-refractivity contribution is -0.121. The maximum Gasteiger partial charge on any atom is 0.241 e. The number of hydrogen-bond acceptors (Lipinski definition) is 4. The summed E-state index contributed by atoms with van der Waals surface area (Å²) in [6.45, 7) is 7.29. The number of pyridine rings is 1. The molecule has 4 rings (SSSR count). The fraction of sp³-hybridized carbons (Fsp3) is 0.304. The highest BCUT2D eigenvalue weighted by Crippen LogP contribution is 2.29. The number of carbonyl (C=O) groups is 1. The Morgan fingerprint density at radius 3 is 2.55 bits per heavy atom. The van der Waals surface area contributed by atoms with E-state index in [9.17, 15) is 9.18 Å². The van der Waals surface area contributed by atoms with Gasteiger partial charge in [-0.2, -0.15) is 10.2 Å². The van der Waals surface area contributed by atoms with Crippen molar-refractivity contribution in [2.24, 2.45) is 0 Å². The van der Waals surface area contributed by atoms with Gasteiger partial charge in [0.1, 0.15) is 12.4 Å². The molecule has 4 aromatic rings. The molecule has 0 aliphatic heterocycles. The number of rotatable bonds is 7. The van der Waals surface area contributed by atoms with Crippen LogP contribution in [0.5, 0.6) is 0 Å². The normalized spacial score (nSPS) is 11.2. The molecule has 31 heavy (non-hydrogen) atoms. The summed E-state index contributed by atoms with van der Waals surface area (Å²) >= 11 is 0. The van der Waals surface area contributed by atoms with Gasteiger partial charge in [0.2, 0.25) is 5.91 Å². The number of fused-ring (bicyclic) bond motifs is 1. The van der Waals surface area contributed by atoms with E-state index in [1.54, 1.807) is 23.0 Å². The lowest BCUT2D eigenvalue weighted by Gasteiger charge is -2.08. The van der Waals surface area contributed by atoms with Gasteiger partial charge in [0.15, 0.2) is 5.65 Å². The summed E-state index contributed by atoms with van der Waals surface area (Å²) in [5, 5.41) is 12.8. The molecule has 0 spiro atoms. The number of halogens is 1. The molecule has 1 amide bonds. The van der Waals surface area contributed by atoms with Crippen LogP contribution in [0.1, 0.15) is 23.5 Å². The standard InChI is InChI=1S/C23H25FN6O/c1-15-13-16(2)29(27-15)12-4-10-25-21(31)14-30-23-22(17(3)28-30)20(9-11-26-23)18-5-7-19(24)8-6-18/h5-9,11,13H,4,10,12,14H2,1-3H3,(H,25,31). The molecule has 0 radical (unpaired) electrons. The highest BCUT2D eigenvalue weighted by Gasteiger charge is 2.16. The van der Waals surface area contributed by atoms with Crippen LogP contribution < -0.4 is 5.32 Å². The Labute approximate surface area is 179 Å². The maximum absolute atomic E-state index is 13.3. The molecule has 0 saturated heterocycles. The van der Waals surface area contributed by atoms with Gasteiger partial charge in [-0.1, -0.05) is 12.1 Å². The molecule has 3 heterocycles. The van der Waals surface area contributed by atoms with E-state index in [4.69, 9.17) is 0 Å². The first-order valence-corrected chi connectivity index (χ1v) is 10.3. The summed E-state index contributed by atoms with van der Waals surface area (Å²) in [6, 6.07) is 10.2. The molecule has 0 unspecified atom stereocenters. The van der Waals surface area contributed by atoms with E-state index in [1.807, 2.05) is 37.6 Å². The van der Waals surface area contributed by atoms with Crippen LogP contribution in [-0.4, -0.2) is 37.0 Å². The van der Waals surface area contributed by atoms with Gasteiger partial charge in [0.05, 0.1) is 11.4 Å². The third-order valence-corrected chi connectivity index (χ3v) is 5.23. The number of carbonyl (C=O) groups excluding carboxylic acids is 1. The molecular formula is C23H25FN6O. The quantitative estimate of drug-likeness (QED) is 0.464. The minimum atomic E-state index is -0.281. The van der Waals surface area contributed by atoms with Crippen LogP contribution in [0, 0.1) is 26.6 Å². The molecule has 3 aromatic heterocycles. The van der Waals surface area contributed by atoms with Crippen LogP contribution in [0.15, 0.2) is 42.6 Å². The summed E-state index contributed by atoms with van der Waals surface area (Å²) in [4.78, 5) is 16.9. The van der Waals surface area contributed by atoms with Crippen LogP contribution in [-0.2, 0) is 17.9 Å². The topological polar surface area (TPSA) is 77.6 Å². The van der Waals surface area contributed by atoms with Crippen molar-refractivity contribution in [3.8, 4) is 11.1 Å². The monoisotopic (exact) mass is 420 g/mol. The molecule has 0 fully saturated rings. The predicted molar refractivity (Wildman–Crippen MR) is 117 cm³/mol. The SMILES string of the molecule is Cc1cc(C)n(CCCNC(=O)Cn2nc(C)c3c(-c4ccc(F)cc4)ccnc32)n1. The molecule has 7 nitrogen and oxygen atoms in total. The number of amides is 1. The largest absolute Gasteiger partial charge is 0.354 e. The predicted octanol–water partition coefficient (Wildman–Crippen LogP) is 3.57. The van der Waals surface area contributed by atoms with Crippen LogP contribution >= 0.6 is 0 Å². The molecule has 1 aromatic carbocycles. The zero-order chi connectivity index (χ0) is 22.0. The zero-order valence-corrected chi connectivity index (χ0v) is 17.9. The second-order valence-electron chi connectivity index (χ2n) is 7.66. The smallest absolute Gasteiger partial charge is 0.241 e. The third-order valence-electron chi connectivity index (χ3n) is 5.23. The average Bonchev–Trinajstić information content (AvgIpc) is 3.24. The Balaban J connectivity index is 1.43. The van der Waals surface area contributed by atoms with E-state index in [2.05, 4.69) is 20.5 Å². The van der Waals surface area contributed by atoms with Crippen molar-refractivity contribution >= 4 is 16.9 Å². The van der Waals surface area contributed by atoms with Gasteiger partial charge in [0, 0.05) is 30.4 Å². The van der Waals surface area contributed by atoms with Crippen molar-refractivity contribution in [1.82, 2.24) is 29.9 Å². The van der Waals surface area contributed by atoms with E-state index in [-0.39, 0.29) is 18.3 Å². The van der Waals surface area contributed by atoms with E-state index in [0.29, 0.717) is 12.2 Å². The van der Waals surface area contributed by atoms with Crippen molar-refractivity contribution in [3.63, 3.8) is 0 Å². The Morgan fingerprint density at radius 1 is 1.06 bits per heavy atom. The van der Waals surface area contributed by atoms with E-state index in [1.165, 1.54) is 12.1 Å². The number of hydrogen-bond donors (Lipinski definition) is 1. The van der Waals surface area contributed by atoms with Crippen molar-refractivity contribution in [2.75, 3.05) is 6.54 Å². The molecule has 0 bridgehead atoms. The summed E-state index contributed by atoms with van der Waals surface area (Å²) in [5.41, 5.74) is 5.32. The average molecular weight is 420 g/mol. The van der Waals surface area contributed by atoms with E-state index < -0.39 is 0 Å². The second kappa shape index (κ2) is 8.67. The Hall–Kier alpha value is -3.55. The van der Waals surface area contributed by atoms with Gasteiger partial charge in [-0.15, -0.1) is 0 Å². The Kier molecular flexibility index (Phi) is 5.79. The van der Waals surface area contributed by atoms with Gasteiger partial charge in [-0.3, -0.25) is 9.48 Å². The number of benzene rings is 1. The molecule has 0 aliphatic carbocycles. The first-order chi connectivity index (χ1) is 14.9. The molecule has 0 aliphatic rings. The number of nitrogens with one attached hydrogen (secondary N) is 1. The molecule has 0 saturated carbocycles. The van der Waals surface area contributed by atoms with Crippen molar-refractivity contribution in [2.45, 2.75) is 40.3 Å². The Bertz CT molecular complexity index is 1230. The van der Waals surface area contributed by atoms with Gasteiger partial charge in [-0.05, 0) is 62.6 Å². The lowest BCUT2D eigenvalue weighted by atomic mass is 10.0. The fourth-order valence-corrected chi connectivity index (χ4v) is 3.81. The number of aryl methyl sites for hydroxylation is 4. The van der Waals surface area contributed by atoms with Crippen molar-refractivity contribution < 1.29 is 9.18 Å². The lowest BCUT2D eigenvalue weighted by Crippen LogP contribution is -2.29. The number of nitrogens with zero attached hydrogens (tertiary/aromatic N) is 5. The van der Waals surface area contributed by atoms with E-state index >= 15 is 0 Å². The van der Waals surface area contributed by atoms with Gasteiger partial charge < -0.3 is 5.32 Å². The zero-order valence-electron chi connectivity index (χ0n) is 17.9. The molecule has 160 valence electrons. The summed E-state index contributed by atoms with van der Waals surface area (Å²) < 4.78 is 16.9. The highest BCUT2D eigenvalue weighted by atomic mass is 19.1. The van der Waals surface area contributed by atoms with Crippen LogP contribution in [0.25, 0.3) is 22.2 Å². The van der Waals surface area contributed by atoms with Crippen LogP contribution in [0.4, 0.5) is 4.39 Å². The van der Waals surface area contributed by atoms with Crippen LogP contribution in [0.3, 0.4) is 0 Å². The highest BCUT2D eigenvalue weighted by molar-refractivity contribution is 5.95. The molecule has 0 atom stereocenters. The first-order valence-electron chi connectivity index (χ1n) is 10.3. The Morgan fingerprint density at radius 2 is 1.84 bits per heavy atom. The summed E-state index contributed by atoms with van der Waals surface area (Å²) in [7, 11) is 0. The first kappa shape index (κ1) is 20.7. The van der Waals surface area contributed by atoms with Crippen molar-refractivity contribution in [1.29, 1.82) is 0 Å². The molecule has 1 N–H and O–H groups in total. The molecule has 8 heteroatoms. The van der Waals surface area contributed by atoms with Gasteiger partial charge in [0.25, 0.3) is 0 Å². The van der Waals surface area contributed by atoms with Gasteiger partial charge in [-0.25, -0.2) is 14.1 Å². The summed E-state index contributed by atoms with van der Waals surface area (Å²) in [5.74, 6) is -0.400. The minimum Gasteiger partial charge on any atom is -0.354 e. The maximum atomic E-state index is 13.3. The van der Waals surface area contributed by atoms with Crippen LogP contribution in [0.2, 0.25) is 0 Å². The third kappa shape index (κ3) is 4.47. The van der Waals surface area contributed by atoms with Gasteiger partial charge >= 0.3 is 0 Å². The van der Waals surface area contributed by atoms with E-state index in [0.717, 1.165) is 46.6 Å². The van der Waals surface area contributed by atoms with Crippen molar-refractivity contribution in [3.05, 3.63) is 65.5 Å². The molecular weight excluding hydrogens is 395 g/mol. The second-order valence-corrected chi connectivity index (χ2v) is 7.66. The minimum absolute atomic E-state index is 0.0874. The number of aromatic nitrogens is 5. The summed E-state index contributed by atoms with van der Waals surface area (Å²) in [6.07, 6.45) is 2.48.